The van der Waals surface area contributed by atoms with Crippen LogP contribution < -0.4 is 29.3 Å². The molecule has 0 amide bonds. The fourth-order valence-electron chi connectivity index (χ4n) is 8.91. The van der Waals surface area contributed by atoms with Gasteiger partial charge in [-0.25, -0.2) is 9.18 Å². The highest BCUT2D eigenvalue weighted by molar-refractivity contribution is 5.81. The molecule has 6 aromatic rings. The maximum Gasteiger partial charge on any atom is 0.509 e. The molecule has 14 nitrogen and oxygen atoms in total. The van der Waals surface area contributed by atoms with Crippen molar-refractivity contribution in [2.45, 2.75) is 69.1 Å². The van der Waals surface area contributed by atoms with Crippen LogP contribution in [0.4, 0.5) is 69.7 Å². The van der Waals surface area contributed by atoms with E-state index in [0.717, 1.165) is 41.4 Å². The van der Waals surface area contributed by atoms with Crippen LogP contribution in [0, 0.1) is 5.82 Å². The number of halogens is 7. The minimum Gasteiger partial charge on any atom is -0.453 e. The van der Waals surface area contributed by atoms with Gasteiger partial charge >= 0.3 is 18.5 Å². The van der Waals surface area contributed by atoms with Crippen LogP contribution in [0.15, 0.2) is 152 Å². The number of rotatable bonds is 3. The number of carbonyl (C=O) groups is 1. The normalized spacial score (nSPS) is 20.4. The molecule has 0 bridgehead atoms. The predicted molar refractivity (Wildman–Crippen MR) is 278 cm³/mol. The summed E-state index contributed by atoms with van der Waals surface area (Å²) in [5, 5.41) is 23.5. The lowest BCUT2D eigenvalue weighted by atomic mass is 9.99. The zero-order chi connectivity index (χ0) is 56.1. The van der Waals surface area contributed by atoms with E-state index in [1.165, 1.54) is 24.3 Å². The number of hydrogen-bond acceptors (Lipinski definition) is 14. The van der Waals surface area contributed by atoms with Crippen LogP contribution in [-0.2, 0) is 36.0 Å². The van der Waals surface area contributed by atoms with Gasteiger partial charge in [0.05, 0.1) is 97.0 Å². The third-order valence-corrected chi connectivity index (χ3v) is 12.5. The first-order valence-electron chi connectivity index (χ1n) is 24.9. The number of fused-ring (bicyclic) bond motifs is 6. The van der Waals surface area contributed by atoms with E-state index in [0.29, 0.717) is 66.5 Å². The number of aliphatic hydroxyl groups excluding tert-OH is 2. The largest absolute Gasteiger partial charge is 0.509 e. The Morgan fingerprint density at radius 1 is 0.570 bits per heavy atom. The molecule has 6 aliphatic rings. The number of nitrogens with one attached hydrogen (secondary N) is 1. The molecule has 6 heterocycles. The molecule has 1 saturated heterocycles. The molecule has 0 saturated carbocycles. The van der Waals surface area contributed by atoms with Gasteiger partial charge in [0.1, 0.15) is 29.7 Å². The number of carbonyl (C=O) groups excluding carboxylic acids is 1. The van der Waals surface area contributed by atoms with Crippen LogP contribution in [0.5, 0.6) is 34.5 Å². The molecule has 6 aromatic carbocycles. The SMILES string of the molecule is CC(C)(C)OC(=O)OC1C=CCOC1.FC(F)(F)c1ccc2c(c1)N([C@@H]1C=CCOC1)c1ccccc1O2.Fc1ccc2c(c1)Nc1ccccc1O2.O[C@H]1[C@@H](O)COC[C@@H]1N1c2ccccc2Oc2ccc(C(F)(F)F)cc21. The van der Waals surface area contributed by atoms with Crippen molar-refractivity contribution < 1.29 is 83.6 Å². The van der Waals surface area contributed by atoms with Crippen molar-refractivity contribution in [2.24, 2.45) is 0 Å². The number of benzene rings is 6. The van der Waals surface area contributed by atoms with E-state index in [1.807, 2.05) is 65.6 Å². The van der Waals surface area contributed by atoms with Gasteiger partial charge in [0.2, 0.25) is 0 Å². The summed E-state index contributed by atoms with van der Waals surface area (Å²) < 4.78 is 135. The number of anilines is 6. The van der Waals surface area contributed by atoms with Crippen molar-refractivity contribution >= 4 is 40.3 Å². The first-order chi connectivity index (χ1) is 37.7. The summed E-state index contributed by atoms with van der Waals surface area (Å²) in [4.78, 5) is 14.6. The first-order valence-corrected chi connectivity index (χ1v) is 24.9. The van der Waals surface area contributed by atoms with Gasteiger partial charge < -0.3 is 63.2 Å². The highest BCUT2D eigenvalue weighted by atomic mass is 19.4. The molecule has 3 N–H and O–H groups in total. The quantitative estimate of drug-likeness (QED) is 0.0875. The Kier molecular flexibility index (Phi) is 16.7. The Bertz CT molecular complexity index is 3180. The lowest BCUT2D eigenvalue weighted by molar-refractivity contribution is -0.138. The zero-order valence-corrected chi connectivity index (χ0v) is 42.7. The van der Waals surface area contributed by atoms with E-state index in [4.69, 9.17) is 37.9 Å². The Morgan fingerprint density at radius 3 is 1.67 bits per heavy atom. The summed E-state index contributed by atoms with van der Waals surface area (Å²) in [5.74, 6) is 2.84. The van der Waals surface area contributed by atoms with Crippen molar-refractivity contribution in [1.29, 1.82) is 0 Å². The van der Waals surface area contributed by atoms with Gasteiger partial charge in [-0.05, 0) is 112 Å². The van der Waals surface area contributed by atoms with Gasteiger partial charge in [0.25, 0.3) is 0 Å². The maximum absolute atomic E-state index is 13.2. The Labute approximate surface area is 449 Å². The second kappa shape index (κ2) is 23.6. The van der Waals surface area contributed by atoms with Crippen LogP contribution >= 0.6 is 0 Å². The predicted octanol–water partition coefficient (Wildman–Crippen LogP) is 13.5. The Morgan fingerprint density at radius 2 is 1.09 bits per heavy atom. The fourth-order valence-corrected chi connectivity index (χ4v) is 8.91. The van der Waals surface area contributed by atoms with Crippen molar-refractivity contribution in [3.8, 4) is 34.5 Å². The second-order valence-corrected chi connectivity index (χ2v) is 19.4. The second-order valence-electron chi connectivity index (χ2n) is 19.4. The van der Waals surface area contributed by atoms with Gasteiger partial charge in [-0.1, -0.05) is 54.6 Å². The molecule has 0 spiro atoms. The van der Waals surface area contributed by atoms with E-state index in [-0.39, 0.29) is 42.6 Å². The van der Waals surface area contributed by atoms with E-state index in [9.17, 15) is 45.7 Å². The standard InChI is InChI=1S/C18H16F3NO4.C18H14F3NO2.C12H8FNO.C10H16O4/c19-18(20,21)10-5-6-16-12(7-10)22(11-3-1-2-4-15(11)26-16)13-8-25-9-14(23)17(13)24;19-18(20,21)12-7-8-17-15(10-12)22(13-4-3-9-23-11-13)14-5-1-2-6-16(14)24-17;13-8-5-6-12-10(7-8)14-9-3-1-2-4-11(9)15-12;1-10(2,3)14-9(11)13-8-5-4-6-12-7-8/h1-7,13-14,17,23-24H,8-9H2;1-8,10,13H,9,11H2;1-7,14H;4-5,8H,6-7H2,1-3H3/t13-,14-,17+;13-;;/m01../s1. The van der Waals surface area contributed by atoms with Gasteiger partial charge in [0.15, 0.2) is 34.5 Å². The molecule has 6 aliphatic heterocycles. The van der Waals surface area contributed by atoms with E-state index >= 15 is 0 Å². The molecule has 0 radical (unpaired) electrons. The summed E-state index contributed by atoms with van der Waals surface area (Å²) in [6.07, 6.45) is -4.76. The molecule has 1 unspecified atom stereocenters. The highest BCUT2D eigenvalue weighted by Gasteiger charge is 2.42. The first kappa shape index (κ1) is 55.9. The monoisotopic (exact) mass is 1100 g/mol. The van der Waals surface area contributed by atoms with Crippen LogP contribution in [0.25, 0.3) is 0 Å². The van der Waals surface area contributed by atoms with Crippen LogP contribution in [0.1, 0.15) is 31.9 Å². The molecule has 1 fully saturated rings. The van der Waals surface area contributed by atoms with Crippen molar-refractivity contribution in [3.05, 3.63) is 169 Å². The summed E-state index contributed by atoms with van der Waals surface area (Å²) in [6.45, 7) is 7.30. The third-order valence-electron chi connectivity index (χ3n) is 12.5. The average Bonchev–Trinajstić information content (AvgIpc) is 3.63. The number of alkyl halides is 6. The number of ether oxygens (including phenoxy) is 8. The number of hydrogen-bond donors (Lipinski definition) is 3. The number of para-hydroxylation sites is 6. The molecule has 0 aliphatic carbocycles. The minimum atomic E-state index is -4.52. The molecular weight excluding hydrogens is 1050 g/mol. The Hall–Kier alpha value is -7.82. The summed E-state index contributed by atoms with van der Waals surface area (Å²) in [5.41, 5.74) is 1.26. The lowest BCUT2D eigenvalue weighted by Gasteiger charge is -2.43. The minimum absolute atomic E-state index is 0.0287. The summed E-state index contributed by atoms with van der Waals surface area (Å²) >= 11 is 0. The molecule has 5 atom stereocenters. The van der Waals surface area contributed by atoms with E-state index in [2.05, 4.69) is 5.32 Å². The van der Waals surface area contributed by atoms with Gasteiger partial charge in [-0.3, -0.25) is 0 Å². The number of nitrogens with zero attached hydrogens (tertiary/aromatic N) is 2. The van der Waals surface area contributed by atoms with Crippen LogP contribution in [-0.4, -0.2) is 92.0 Å². The molecule has 21 heteroatoms. The zero-order valence-electron chi connectivity index (χ0n) is 42.7. The molecular formula is C58H54F7N3O11. The topological polar surface area (TPSA) is 150 Å². The van der Waals surface area contributed by atoms with Gasteiger partial charge in [-0.15, -0.1) is 0 Å². The molecule has 0 aromatic heterocycles. The fraction of sp³-hybridized carbons (Fsp3) is 0.293. The maximum atomic E-state index is 13.2. The van der Waals surface area contributed by atoms with Gasteiger partial charge in [-0.2, -0.15) is 26.3 Å². The molecule has 79 heavy (non-hydrogen) atoms. The summed E-state index contributed by atoms with van der Waals surface area (Å²) in [7, 11) is 0. The van der Waals surface area contributed by atoms with Crippen molar-refractivity contribution in [3.63, 3.8) is 0 Å². The molecule has 416 valence electrons. The smallest absolute Gasteiger partial charge is 0.453 e. The van der Waals surface area contributed by atoms with Crippen LogP contribution in [0.2, 0.25) is 0 Å². The average molecular weight is 1100 g/mol. The van der Waals surface area contributed by atoms with E-state index in [1.54, 1.807) is 68.1 Å². The van der Waals surface area contributed by atoms with Crippen molar-refractivity contribution in [1.82, 2.24) is 0 Å². The number of aliphatic hydroxyl groups is 2. The lowest BCUT2D eigenvalue weighted by Crippen LogP contribution is -2.55. The molecule has 12 rings (SSSR count). The van der Waals surface area contributed by atoms with E-state index < -0.39 is 53.5 Å². The highest BCUT2D eigenvalue weighted by Crippen LogP contribution is 2.52. The Balaban J connectivity index is 0.000000132. The van der Waals surface area contributed by atoms with Crippen LogP contribution in [0.3, 0.4) is 0 Å². The van der Waals surface area contributed by atoms with Crippen molar-refractivity contribution in [2.75, 3.05) is 54.8 Å². The van der Waals surface area contributed by atoms with Gasteiger partial charge in [0, 0.05) is 6.07 Å². The third kappa shape index (κ3) is 13.5. The summed E-state index contributed by atoms with van der Waals surface area (Å²) in [6, 6.07) is 31.9.